The third kappa shape index (κ3) is 10.1. The normalized spacial score (nSPS) is 18.1. The predicted molar refractivity (Wildman–Crippen MR) is 164 cm³/mol. The highest BCUT2D eigenvalue weighted by Crippen LogP contribution is 2.43. The Kier molecular flexibility index (Phi) is 12.3. The van der Waals surface area contributed by atoms with Crippen LogP contribution in [0.3, 0.4) is 0 Å². The molecule has 3 nitrogen and oxygen atoms in total. The molecule has 35 heavy (non-hydrogen) atoms. The minimum absolute atomic E-state index is 0.000537. The summed E-state index contributed by atoms with van der Waals surface area (Å²) < 4.78 is 20.7. The fourth-order valence-electron chi connectivity index (χ4n) is 3.36. The van der Waals surface area contributed by atoms with Gasteiger partial charge in [-0.3, -0.25) is 0 Å². The molecule has 0 spiro atoms. The van der Waals surface area contributed by atoms with Crippen LogP contribution >= 0.6 is 0 Å². The van der Waals surface area contributed by atoms with Crippen LogP contribution in [0, 0.1) is 24.2 Å². The maximum absolute atomic E-state index is 7.16. The third-order valence-electron chi connectivity index (χ3n) is 9.32. The summed E-state index contributed by atoms with van der Waals surface area (Å²) in [4.78, 5) is 0. The van der Waals surface area contributed by atoms with E-state index < -0.39 is 25.0 Å². The Labute approximate surface area is 224 Å². The highest BCUT2D eigenvalue weighted by atomic mass is 28.4. The Morgan fingerprint density at radius 3 is 1.46 bits per heavy atom. The van der Waals surface area contributed by atoms with E-state index in [1.165, 1.54) is 0 Å². The number of rotatable bonds is 12. The number of hydrogen-bond acceptors (Lipinski definition) is 3. The summed E-state index contributed by atoms with van der Waals surface area (Å²) in [6.07, 6.45) is 7.57. The first kappa shape index (κ1) is 35.1. The van der Waals surface area contributed by atoms with Gasteiger partial charge >= 0.3 is 0 Å². The molecule has 0 aromatic carbocycles. The van der Waals surface area contributed by atoms with E-state index in [1.54, 1.807) is 0 Å². The van der Waals surface area contributed by atoms with Gasteiger partial charge in [-0.2, -0.15) is 0 Å². The van der Waals surface area contributed by atoms with Crippen molar-refractivity contribution in [3.8, 4) is 12.3 Å². The molecule has 0 aromatic rings. The summed E-state index contributed by atoms with van der Waals surface area (Å²) in [6.45, 7) is 40.2. The maximum Gasteiger partial charge on any atom is 0.192 e. The zero-order chi connectivity index (χ0) is 28.3. The van der Waals surface area contributed by atoms with E-state index in [2.05, 4.69) is 121 Å². The average molecular weight is 543 g/mol. The first-order valence-electron chi connectivity index (χ1n) is 13.7. The van der Waals surface area contributed by atoms with Crippen molar-refractivity contribution in [3.05, 3.63) is 0 Å². The Hall–Kier alpha value is 0.0906. The van der Waals surface area contributed by atoms with Crippen molar-refractivity contribution in [1.29, 1.82) is 0 Å². The standard InChI is InChI=1S/C29H62O3Si3/c1-19-20-25(31-34(15,16)28(7,8)9)24(3)26(32-35(17,18)29(10,11)12)23(2)21-22-30-33(13,14)27(4,5)6/h1,23-26H,20-22H2,2-18H3/t23-,24-,25+,26-/m1/s1. The molecule has 0 radical (unpaired) electrons. The lowest BCUT2D eigenvalue weighted by atomic mass is 9.87. The summed E-state index contributed by atoms with van der Waals surface area (Å²) in [7, 11) is -5.74. The quantitative estimate of drug-likeness (QED) is 0.181. The van der Waals surface area contributed by atoms with Crippen LogP contribution in [0.1, 0.15) is 89.0 Å². The smallest absolute Gasteiger partial charge is 0.192 e. The van der Waals surface area contributed by atoms with Crippen LogP contribution < -0.4 is 0 Å². The minimum Gasteiger partial charge on any atom is -0.417 e. The first-order valence-corrected chi connectivity index (χ1v) is 22.5. The summed E-state index contributed by atoms with van der Waals surface area (Å²) >= 11 is 0. The molecule has 208 valence electrons. The largest absolute Gasteiger partial charge is 0.417 e. The molecule has 0 saturated heterocycles. The van der Waals surface area contributed by atoms with Gasteiger partial charge in [0.25, 0.3) is 0 Å². The number of hydrogen-bond donors (Lipinski definition) is 0. The zero-order valence-electron chi connectivity index (χ0n) is 26.7. The summed E-state index contributed by atoms with van der Waals surface area (Å²) in [6, 6.07) is 0. The summed E-state index contributed by atoms with van der Waals surface area (Å²) in [5, 5.41) is 0.498. The predicted octanol–water partition coefficient (Wildman–Crippen LogP) is 9.47. The van der Waals surface area contributed by atoms with Crippen molar-refractivity contribution in [2.45, 2.75) is 156 Å². The van der Waals surface area contributed by atoms with Gasteiger partial charge in [0.05, 0.1) is 12.2 Å². The Bertz CT molecular complexity index is 688. The van der Waals surface area contributed by atoms with Crippen LogP contribution in [-0.4, -0.2) is 43.8 Å². The van der Waals surface area contributed by atoms with E-state index in [0.29, 0.717) is 12.3 Å². The van der Waals surface area contributed by atoms with Crippen LogP contribution in [-0.2, 0) is 13.3 Å². The van der Waals surface area contributed by atoms with Crippen molar-refractivity contribution >= 4 is 25.0 Å². The molecule has 0 aliphatic heterocycles. The van der Waals surface area contributed by atoms with Crippen LogP contribution in [0.4, 0.5) is 0 Å². The second-order valence-electron chi connectivity index (χ2n) is 15.4. The SMILES string of the molecule is C#CC[C@H](O[Si](C)(C)C(C)(C)C)[C@@H](C)[C@H](O[Si](C)(C)C(C)(C)C)[C@H](C)CCO[Si](C)(C)C(C)(C)C. The molecule has 0 heterocycles. The average Bonchev–Trinajstić information content (AvgIpc) is 2.62. The van der Waals surface area contributed by atoms with Crippen LogP contribution in [0.2, 0.25) is 54.4 Å². The van der Waals surface area contributed by atoms with Crippen molar-refractivity contribution in [2.75, 3.05) is 6.61 Å². The van der Waals surface area contributed by atoms with Crippen LogP contribution in [0.25, 0.3) is 0 Å². The van der Waals surface area contributed by atoms with E-state index >= 15 is 0 Å². The van der Waals surface area contributed by atoms with Gasteiger partial charge in [-0.15, -0.1) is 12.3 Å². The maximum atomic E-state index is 7.16. The van der Waals surface area contributed by atoms with Gasteiger partial charge in [0.2, 0.25) is 0 Å². The summed E-state index contributed by atoms with van der Waals surface area (Å²) in [5.74, 6) is 3.48. The fourth-order valence-corrected chi connectivity index (χ4v) is 7.31. The van der Waals surface area contributed by atoms with E-state index in [1.807, 2.05) is 0 Å². The third-order valence-corrected chi connectivity index (χ3v) is 22.8. The Morgan fingerprint density at radius 2 is 1.09 bits per heavy atom. The lowest BCUT2D eigenvalue weighted by Gasteiger charge is -2.46. The molecule has 0 saturated carbocycles. The van der Waals surface area contributed by atoms with E-state index in [-0.39, 0.29) is 33.2 Å². The highest BCUT2D eigenvalue weighted by molar-refractivity contribution is 6.75. The van der Waals surface area contributed by atoms with E-state index in [9.17, 15) is 0 Å². The van der Waals surface area contributed by atoms with Gasteiger partial charge in [-0.1, -0.05) is 76.2 Å². The molecule has 0 amide bonds. The van der Waals surface area contributed by atoms with Gasteiger partial charge in [-0.25, -0.2) is 0 Å². The molecule has 0 aliphatic carbocycles. The van der Waals surface area contributed by atoms with Gasteiger partial charge in [0, 0.05) is 18.9 Å². The van der Waals surface area contributed by atoms with Crippen molar-refractivity contribution in [3.63, 3.8) is 0 Å². The van der Waals surface area contributed by atoms with Crippen molar-refractivity contribution in [1.82, 2.24) is 0 Å². The van der Waals surface area contributed by atoms with E-state index in [0.717, 1.165) is 13.0 Å². The zero-order valence-corrected chi connectivity index (χ0v) is 29.7. The molecule has 0 unspecified atom stereocenters. The second-order valence-corrected chi connectivity index (χ2v) is 29.7. The molecule has 0 rings (SSSR count). The molecule has 4 atom stereocenters. The van der Waals surface area contributed by atoms with Gasteiger partial charge in [0.1, 0.15) is 0 Å². The van der Waals surface area contributed by atoms with Gasteiger partial charge < -0.3 is 13.3 Å². The van der Waals surface area contributed by atoms with Gasteiger partial charge in [-0.05, 0) is 66.7 Å². The fraction of sp³-hybridized carbons (Fsp3) is 0.931. The van der Waals surface area contributed by atoms with Crippen LogP contribution in [0.5, 0.6) is 0 Å². The topological polar surface area (TPSA) is 27.7 Å². The van der Waals surface area contributed by atoms with Crippen LogP contribution in [0.15, 0.2) is 0 Å². The number of terminal acetylenes is 1. The molecule has 6 heteroatoms. The Balaban J connectivity index is 6.00. The minimum atomic E-state index is -1.99. The second kappa shape index (κ2) is 12.3. The highest BCUT2D eigenvalue weighted by Gasteiger charge is 2.45. The molecule has 0 aliphatic rings. The Morgan fingerprint density at radius 1 is 0.686 bits per heavy atom. The molecule has 0 N–H and O–H groups in total. The van der Waals surface area contributed by atoms with E-state index in [4.69, 9.17) is 19.7 Å². The monoisotopic (exact) mass is 542 g/mol. The summed E-state index contributed by atoms with van der Waals surface area (Å²) in [5.41, 5.74) is 0. The molecular formula is C29H62O3Si3. The van der Waals surface area contributed by atoms with Crippen molar-refractivity contribution < 1.29 is 13.3 Å². The molecular weight excluding hydrogens is 481 g/mol. The first-order chi connectivity index (χ1) is 15.3. The lowest BCUT2D eigenvalue weighted by Crippen LogP contribution is -2.52. The molecule has 0 bridgehead atoms. The molecule has 0 aromatic heterocycles. The molecule has 0 fully saturated rings. The lowest BCUT2D eigenvalue weighted by molar-refractivity contribution is 0.00356. The van der Waals surface area contributed by atoms with Gasteiger partial charge in [0.15, 0.2) is 25.0 Å². The van der Waals surface area contributed by atoms with Crippen molar-refractivity contribution in [2.24, 2.45) is 11.8 Å².